The fraction of sp³-hybridized carbons (Fsp3) is 0.429. The van der Waals surface area contributed by atoms with Gasteiger partial charge >= 0.3 is 5.97 Å². The average Bonchev–Trinajstić information content (AvgIpc) is 2.07. The number of aliphatic hydroxyl groups is 2. The molecule has 72 valence electrons. The minimum Gasteiger partial charge on any atom is -0.478 e. The van der Waals surface area contributed by atoms with Crippen LogP contribution in [-0.2, 0) is 9.59 Å². The first-order valence-electron chi connectivity index (χ1n) is 3.47. The van der Waals surface area contributed by atoms with Crippen molar-refractivity contribution in [1.29, 1.82) is 0 Å². The van der Waals surface area contributed by atoms with Crippen LogP contribution in [0.5, 0.6) is 0 Å². The maximum atomic E-state index is 12.8. The zero-order valence-electron chi connectivity index (χ0n) is 6.40. The van der Waals surface area contributed by atoms with Crippen LogP contribution >= 0.6 is 0 Å². The highest BCUT2D eigenvalue weighted by Gasteiger charge is 2.37. The Labute approximate surface area is 72.1 Å². The number of hydrogen-bond acceptors (Lipinski definition) is 4. The Morgan fingerprint density at radius 1 is 1.46 bits per heavy atom. The van der Waals surface area contributed by atoms with Gasteiger partial charge in [-0.05, 0) is 0 Å². The molecule has 1 aliphatic carbocycles. The molecule has 0 radical (unpaired) electrons. The molecular weight excluding hydrogens is 183 g/mol. The van der Waals surface area contributed by atoms with Crippen molar-refractivity contribution in [2.45, 2.75) is 18.6 Å². The highest BCUT2D eigenvalue weighted by atomic mass is 19.1. The summed E-state index contributed by atoms with van der Waals surface area (Å²) < 4.78 is 12.8. The van der Waals surface area contributed by atoms with Gasteiger partial charge in [-0.2, -0.15) is 0 Å². The lowest BCUT2D eigenvalue weighted by atomic mass is 9.92. The van der Waals surface area contributed by atoms with Gasteiger partial charge in [0.2, 0.25) is 5.78 Å². The molecule has 2 atom stereocenters. The fourth-order valence-corrected chi connectivity index (χ4v) is 1.04. The Bertz CT molecular complexity index is 295. The maximum Gasteiger partial charge on any atom is 0.334 e. The average molecular weight is 190 g/mol. The van der Waals surface area contributed by atoms with E-state index in [-0.39, 0.29) is 0 Å². The number of carbonyl (C=O) groups is 2. The van der Waals surface area contributed by atoms with E-state index < -0.39 is 41.8 Å². The van der Waals surface area contributed by atoms with E-state index in [4.69, 9.17) is 15.3 Å². The topological polar surface area (TPSA) is 94.8 Å². The number of carboxylic acids is 1. The van der Waals surface area contributed by atoms with Gasteiger partial charge in [-0.3, -0.25) is 4.79 Å². The van der Waals surface area contributed by atoms with Gasteiger partial charge in [0.05, 0.1) is 11.7 Å². The summed E-state index contributed by atoms with van der Waals surface area (Å²) in [4.78, 5) is 21.1. The predicted octanol–water partition coefficient (Wildman–Crippen LogP) is -1.01. The van der Waals surface area contributed by atoms with E-state index >= 15 is 0 Å². The van der Waals surface area contributed by atoms with E-state index in [0.717, 1.165) is 0 Å². The number of carboxylic acid groups (broad SMARTS) is 1. The van der Waals surface area contributed by atoms with Gasteiger partial charge in [0.1, 0.15) is 6.10 Å². The predicted molar refractivity (Wildman–Crippen MR) is 37.4 cm³/mol. The molecule has 5 nitrogen and oxygen atoms in total. The summed E-state index contributed by atoms with van der Waals surface area (Å²) in [5.74, 6) is -4.46. The molecule has 0 aromatic rings. The van der Waals surface area contributed by atoms with E-state index in [1.165, 1.54) is 0 Å². The molecule has 0 spiro atoms. The monoisotopic (exact) mass is 190 g/mol. The van der Waals surface area contributed by atoms with Crippen molar-refractivity contribution in [2.75, 3.05) is 0 Å². The molecule has 0 aromatic carbocycles. The number of aliphatic carboxylic acids is 1. The Balaban J connectivity index is 3.09. The highest BCUT2D eigenvalue weighted by molar-refractivity contribution is 6.05. The summed E-state index contributed by atoms with van der Waals surface area (Å²) in [7, 11) is 0. The minimum atomic E-state index is -1.86. The molecule has 1 rings (SSSR count). The van der Waals surface area contributed by atoms with Gasteiger partial charge < -0.3 is 15.3 Å². The second-order valence-electron chi connectivity index (χ2n) is 2.68. The van der Waals surface area contributed by atoms with Gasteiger partial charge in [-0.15, -0.1) is 0 Å². The quantitative estimate of drug-likeness (QED) is 0.492. The fourth-order valence-electron chi connectivity index (χ4n) is 1.04. The van der Waals surface area contributed by atoms with Crippen LogP contribution in [-0.4, -0.2) is 39.3 Å². The minimum absolute atomic E-state index is 0.561. The van der Waals surface area contributed by atoms with Crippen molar-refractivity contribution >= 4 is 11.8 Å². The number of Topliss-reactive ketones (excluding diaryl/α,β-unsaturated/α-hetero) is 1. The first-order valence-corrected chi connectivity index (χ1v) is 3.47. The van der Waals surface area contributed by atoms with Gasteiger partial charge in [0, 0.05) is 6.42 Å². The van der Waals surface area contributed by atoms with Crippen molar-refractivity contribution in [3.8, 4) is 0 Å². The SMILES string of the molecule is O=C(O)C1=C(F)C(=O)[C@@H](O)[C@H](O)C1. The van der Waals surface area contributed by atoms with Crippen LogP contribution in [0.1, 0.15) is 6.42 Å². The molecule has 0 saturated carbocycles. The van der Waals surface area contributed by atoms with Crippen LogP contribution in [0, 0.1) is 0 Å². The van der Waals surface area contributed by atoms with Gasteiger partial charge in [0.15, 0.2) is 5.83 Å². The summed E-state index contributed by atoms with van der Waals surface area (Å²) in [6, 6.07) is 0. The van der Waals surface area contributed by atoms with Crippen LogP contribution in [0.2, 0.25) is 0 Å². The lowest BCUT2D eigenvalue weighted by Crippen LogP contribution is -2.39. The molecule has 0 amide bonds. The zero-order valence-corrected chi connectivity index (χ0v) is 6.40. The summed E-state index contributed by atoms with van der Waals surface area (Å²) in [6.07, 6.45) is -3.96. The molecule has 0 aromatic heterocycles. The van der Waals surface area contributed by atoms with Gasteiger partial charge in [-0.1, -0.05) is 0 Å². The largest absolute Gasteiger partial charge is 0.478 e. The number of halogens is 1. The third-order valence-electron chi connectivity index (χ3n) is 1.79. The molecule has 0 saturated heterocycles. The number of aliphatic hydroxyl groups excluding tert-OH is 2. The standard InChI is InChI=1S/C7H7FO5/c8-4-2(7(12)13)1-3(9)5(10)6(4)11/h3,5,9-10H,1H2,(H,12,13)/t3-,5+/m1/s1. The summed E-state index contributed by atoms with van der Waals surface area (Å²) in [6.45, 7) is 0. The van der Waals surface area contributed by atoms with Crippen LogP contribution in [0.4, 0.5) is 4.39 Å². The molecule has 0 aliphatic heterocycles. The number of hydrogen-bond donors (Lipinski definition) is 3. The Morgan fingerprint density at radius 3 is 2.46 bits per heavy atom. The van der Waals surface area contributed by atoms with E-state index in [2.05, 4.69) is 0 Å². The molecule has 0 unspecified atom stereocenters. The third-order valence-corrected chi connectivity index (χ3v) is 1.79. The maximum absolute atomic E-state index is 12.8. The molecule has 0 bridgehead atoms. The first kappa shape index (κ1) is 9.82. The Kier molecular flexibility index (Phi) is 2.44. The first-order chi connectivity index (χ1) is 5.95. The second-order valence-corrected chi connectivity index (χ2v) is 2.68. The van der Waals surface area contributed by atoms with Crippen LogP contribution in [0.15, 0.2) is 11.4 Å². The van der Waals surface area contributed by atoms with Crippen molar-refractivity contribution in [2.24, 2.45) is 0 Å². The molecule has 0 fully saturated rings. The molecule has 6 heteroatoms. The number of ketones is 1. The highest BCUT2D eigenvalue weighted by Crippen LogP contribution is 2.23. The number of carbonyl (C=O) groups excluding carboxylic acids is 1. The van der Waals surface area contributed by atoms with Crippen molar-refractivity contribution in [3.63, 3.8) is 0 Å². The van der Waals surface area contributed by atoms with Crippen molar-refractivity contribution in [3.05, 3.63) is 11.4 Å². The zero-order chi connectivity index (χ0) is 10.2. The van der Waals surface area contributed by atoms with Gasteiger partial charge in [-0.25, -0.2) is 9.18 Å². The third kappa shape index (κ3) is 1.58. The van der Waals surface area contributed by atoms with E-state index in [0.29, 0.717) is 0 Å². The van der Waals surface area contributed by atoms with Crippen LogP contribution < -0.4 is 0 Å². The van der Waals surface area contributed by atoms with Crippen molar-refractivity contribution in [1.82, 2.24) is 0 Å². The van der Waals surface area contributed by atoms with Crippen LogP contribution in [0.25, 0.3) is 0 Å². The normalized spacial score (nSPS) is 29.3. The number of rotatable bonds is 1. The lowest BCUT2D eigenvalue weighted by Gasteiger charge is -2.21. The molecular formula is C7H7FO5. The summed E-state index contributed by atoms with van der Waals surface area (Å²) in [5, 5.41) is 26.2. The van der Waals surface area contributed by atoms with Crippen LogP contribution in [0.3, 0.4) is 0 Å². The second kappa shape index (κ2) is 3.23. The molecule has 3 N–H and O–H groups in total. The van der Waals surface area contributed by atoms with Gasteiger partial charge in [0.25, 0.3) is 0 Å². The molecule has 13 heavy (non-hydrogen) atoms. The van der Waals surface area contributed by atoms with E-state index in [1.807, 2.05) is 0 Å². The van der Waals surface area contributed by atoms with Crippen molar-refractivity contribution < 1.29 is 29.3 Å². The van der Waals surface area contributed by atoms with E-state index in [1.54, 1.807) is 0 Å². The smallest absolute Gasteiger partial charge is 0.334 e. The summed E-state index contributed by atoms with van der Waals surface area (Å²) in [5.41, 5.74) is -0.789. The van der Waals surface area contributed by atoms with E-state index in [9.17, 15) is 14.0 Å². The molecule has 1 aliphatic rings. The Morgan fingerprint density at radius 2 is 2.00 bits per heavy atom. The molecule has 0 heterocycles. The Hall–Kier alpha value is -1.27. The summed E-state index contributed by atoms with van der Waals surface area (Å²) >= 11 is 0. The lowest BCUT2D eigenvalue weighted by molar-refractivity contribution is -0.138.